The summed E-state index contributed by atoms with van der Waals surface area (Å²) >= 11 is 0. The number of hydrogen-bond donors (Lipinski definition) is 1. The fourth-order valence-electron chi connectivity index (χ4n) is 2.09. The first-order valence-electron chi connectivity index (χ1n) is 6.55. The van der Waals surface area contributed by atoms with Crippen LogP contribution in [0.25, 0.3) is 22.4 Å². The zero-order chi connectivity index (χ0) is 14.7. The number of nitrogens with two attached hydrogens (primary N) is 1. The van der Waals surface area contributed by atoms with Crippen LogP contribution in [-0.4, -0.2) is 22.0 Å². The molecule has 0 aliphatic rings. The van der Waals surface area contributed by atoms with Crippen LogP contribution >= 0.6 is 0 Å². The highest BCUT2D eigenvalue weighted by Gasteiger charge is 2.17. The van der Waals surface area contributed by atoms with Gasteiger partial charge in [0.1, 0.15) is 11.4 Å². The first-order chi connectivity index (χ1) is 10.3. The van der Waals surface area contributed by atoms with Crippen molar-refractivity contribution < 1.29 is 9.26 Å². The number of aromatic nitrogens is 3. The van der Waals surface area contributed by atoms with E-state index in [-0.39, 0.29) is 5.88 Å². The van der Waals surface area contributed by atoms with E-state index in [4.69, 9.17) is 15.0 Å². The minimum atomic E-state index is 0.269. The minimum absolute atomic E-state index is 0.269. The molecule has 3 rings (SSSR count). The van der Waals surface area contributed by atoms with Crippen molar-refractivity contribution in [1.82, 2.24) is 15.4 Å². The molecule has 0 saturated heterocycles. The predicted molar refractivity (Wildman–Crippen MR) is 78.5 cm³/mol. The molecule has 6 nitrogen and oxygen atoms in total. The van der Waals surface area contributed by atoms with Crippen molar-refractivity contribution in [2.24, 2.45) is 0 Å². The Balaban J connectivity index is 2.04. The van der Waals surface area contributed by atoms with E-state index in [0.29, 0.717) is 12.3 Å². The van der Waals surface area contributed by atoms with E-state index in [9.17, 15) is 0 Å². The van der Waals surface area contributed by atoms with E-state index >= 15 is 0 Å². The summed E-state index contributed by atoms with van der Waals surface area (Å²) in [7, 11) is 0. The van der Waals surface area contributed by atoms with Crippen molar-refractivity contribution in [3.05, 3.63) is 42.7 Å². The number of nitrogens with zero attached hydrogens (tertiary/aromatic N) is 3. The van der Waals surface area contributed by atoms with Gasteiger partial charge in [-0.3, -0.25) is 0 Å². The molecule has 0 spiro atoms. The van der Waals surface area contributed by atoms with Crippen LogP contribution in [0.4, 0.5) is 5.88 Å². The van der Waals surface area contributed by atoms with Gasteiger partial charge in [0.25, 0.3) is 0 Å². The molecule has 0 aliphatic carbocycles. The molecule has 3 aromatic rings. The summed E-state index contributed by atoms with van der Waals surface area (Å²) < 4.78 is 10.6. The fourth-order valence-corrected chi connectivity index (χ4v) is 2.09. The van der Waals surface area contributed by atoms with E-state index in [1.807, 2.05) is 37.3 Å². The van der Waals surface area contributed by atoms with E-state index in [0.717, 1.165) is 22.4 Å². The largest absolute Gasteiger partial charge is 0.494 e. The Labute approximate surface area is 121 Å². The number of benzene rings is 1. The van der Waals surface area contributed by atoms with Gasteiger partial charge in [-0.05, 0) is 30.7 Å². The Kier molecular flexibility index (Phi) is 3.51. The maximum absolute atomic E-state index is 5.91. The Morgan fingerprint density at radius 3 is 2.57 bits per heavy atom. The quantitative estimate of drug-likeness (QED) is 0.791. The lowest BCUT2D eigenvalue weighted by atomic mass is 10.0. The van der Waals surface area contributed by atoms with Gasteiger partial charge >= 0.3 is 0 Å². The van der Waals surface area contributed by atoms with Crippen molar-refractivity contribution in [1.29, 1.82) is 0 Å². The maximum atomic E-state index is 5.91. The highest BCUT2D eigenvalue weighted by atomic mass is 16.5. The van der Waals surface area contributed by atoms with Gasteiger partial charge in [0.05, 0.1) is 24.6 Å². The van der Waals surface area contributed by atoms with Crippen LogP contribution in [-0.2, 0) is 0 Å². The van der Waals surface area contributed by atoms with Crippen LogP contribution in [0.5, 0.6) is 5.75 Å². The molecule has 2 N–H and O–H groups in total. The van der Waals surface area contributed by atoms with E-state index in [2.05, 4.69) is 15.4 Å². The molecule has 0 bridgehead atoms. The normalized spacial score (nSPS) is 10.5. The van der Waals surface area contributed by atoms with E-state index in [1.54, 1.807) is 12.4 Å². The lowest BCUT2D eigenvalue weighted by Gasteiger charge is -2.05. The zero-order valence-electron chi connectivity index (χ0n) is 11.5. The van der Waals surface area contributed by atoms with Gasteiger partial charge in [-0.2, -0.15) is 10.2 Å². The van der Waals surface area contributed by atoms with Gasteiger partial charge < -0.3 is 15.0 Å². The van der Waals surface area contributed by atoms with Crippen molar-refractivity contribution >= 4 is 5.88 Å². The minimum Gasteiger partial charge on any atom is -0.494 e. The predicted octanol–water partition coefficient (Wildman–Crippen LogP) is 2.78. The Hall–Kier alpha value is -2.89. The van der Waals surface area contributed by atoms with Gasteiger partial charge in [0, 0.05) is 5.56 Å². The summed E-state index contributed by atoms with van der Waals surface area (Å²) in [5.41, 5.74) is 9.00. The molecule has 1 aromatic carbocycles. The van der Waals surface area contributed by atoms with Crippen molar-refractivity contribution in [3.63, 3.8) is 0 Å². The number of anilines is 1. The summed E-state index contributed by atoms with van der Waals surface area (Å²) in [5.74, 6) is 1.08. The number of rotatable bonds is 4. The maximum Gasteiger partial charge on any atom is 0.230 e. The van der Waals surface area contributed by atoms with Crippen LogP contribution in [0, 0.1) is 0 Å². The van der Waals surface area contributed by atoms with Crippen LogP contribution in [0.1, 0.15) is 6.92 Å². The molecular formula is C15H14N4O2. The molecule has 0 aliphatic heterocycles. The number of nitrogen functional groups attached to an aromatic ring is 1. The molecule has 2 aromatic heterocycles. The van der Waals surface area contributed by atoms with Gasteiger partial charge in [-0.15, -0.1) is 0 Å². The second-order valence-electron chi connectivity index (χ2n) is 4.36. The molecule has 0 saturated carbocycles. The zero-order valence-corrected chi connectivity index (χ0v) is 11.5. The second-order valence-corrected chi connectivity index (χ2v) is 4.36. The Morgan fingerprint density at radius 1 is 1.10 bits per heavy atom. The smallest absolute Gasteiger partial charge is 0.230 e. The lowest BCUT2D eigenvalue weighted by Crippen LogP contribution is -1.92. The first kappa shape index (κ1) is 13.1. The number of hydrogen-bond acceptors (Lipinski definition) is 6. The molecule has 6 heteroatoms. The van der Waals surface area contributed by atoms with Gasteiger partial charge in [0.2, 0.25) is 5.88 Å². The third kappa shape index (κ3) is 2.55. The molecule has 0 atom stereocenters. The van der Waals surface area contributed by atoms with Crippen LogP contribution in [0.2, 0.25) is 0 Å². The molecular weight excluding hydrogens is 268 g/mol. The summed E-state index contributed by atoms with van der Waals surface area (Å²) in [4.78, 5) is 0. The monoisotopic (exact) mass is 282 g/mol. The SMILES string of the molecule is CCOc1ccc(-c2c(-c3ccnnc3)noc2N)cc1. The number of ether oxygens (including phenoxy) is 1. The summed E-state index contributed by atoms with van der Waals surface area (Å²) in [6.45, 7) is 2.57. The molecule has 21 heavy (non-hydrogen) atoms. The average Bonchev–Trinajstić information content (AvgIpc) is 2.91. The Bertz CT molecular complexity index is 723. The third-order valence-electron chi connectivity index (χ3n) is 3.03. The van der Waals surface area contributed by atoms with Gasteiger partial charge in [0.15, 0.2) is 0 Å². The van der Waals surface area contributed by atoms with Crippen molar-refractivity contribution in [2.45, 2.75) is 6.92 Å². The molecule has 0 amide bonds. The standard InChI is InChI=1S/C15H14N4O2/c1-2-20-12-5-3-10(4-6-12)13-14(19-21-15(13)16)11-7-8-17-18-9-11/h3-9H,2,16H2,1H3. The van der Waals surface area contributed by atoms with Crippen molar-refractivity contribution in [2.75, 3.05) is 12.3 Å². The summed E-state index contributed by atoms with van der Waals surface area (Å²) in [6, 6.07) is 9.43. The first-order valence-corrected chi connectivity index (χ1v) is 6.55. The molecule has 0 fully saturated rings. The van der Waals surface area contributed by atoms with E-state index < -0.39 is 0 Å². The second kappa shape index (κ2) is 5.62. The molecule has 0 unspecified atom stereocenters. The summed E-state index contributed by atoms with van der Waals surface area (Å²) in [5, 5.41) is 11.6. The lowest BCUT2D eigenvalue weighted by molar-refractivity contribution is 0.340. The highest BCUT2D eigenvalue weighted by molar-refractivity contribution is 5.86. The van der Waals surface area contributed by atoms with Gasteiger partial charge in [-0.1, -0.05) is 17.3 Å². The van der Waals surface area contributed by atoms with Crippen LogP contribution < -0.4 is 10.5 Å². The van der Waals surface area contributed by atoms with E-state index in [1.165, 1.54) is 0 Å². The van der Waals surface area contributed by atoms with Crippen LogP contribution in [0.15, 0.2) is 47.2 Å². The topological polar surface area (TPSA) is 87.1 Å². The summed E-state index contributed by atoms with van der Waals surface area (Å²) in [6.07, 6.45) is 3.22. The Morgan fingerprint density at radius 2 is 1.90 bits per heavy atom. The molecule has 106 valence electrons. The fraction of sp³-hybridized carbons (Fsp3) is 0.133. The van der Waals surface area contributed by atoms with Crippen molar-refractivity contribution in [3.8, 4) is 28.1 Å². The molecule has 2 heterocycles. The molecule has 0 radical (unpaired) electrons. The third-order valence-corrected chi connectivity index (χ3v) is 3.03. The average molecular weight is 282 g/mol. The van der Waals surface area contributed by atoms with Gasteiger partial charge in [-0.25, -0.2) is 0 Å². The van der Waals surface area contributed by atoms with Crippen LogP contribution in [0.3, 0.4) is 0 Å². The highest BCUT2D eigenvalue weighted by Crippen LogP contribution is 2.36.